The van der Waals surface area contributed by atoms with Gasteiger partial charge in [-0.05, 0) is 58.4 Å². The highest BCUT2D eigenvalue weighted by Gasteiger charge is 2.20. The van der Waals surface area contributed by atoms with Gasteiger partial charge < -0.3 is 20.9 Å². The fourth-order valence-corrected chi connectivity index (χ4v) is 2.94. The Morgan fingerprint density at radius 2 is 2.04 bits per heavy atom. The number of hydrogen-bond donors (Lipinski definition) is 3. The topological polar surface area (TPSA) is 97.5 Å². The lowest BCUT2D eigenvalue weighted by Crippen LogP contribution is -2.33. The van der Waals surface area contributed by atoms with E-state index < -0.39 is 5.91 Å². The maximum absolute atomic E-state index is 12.5. The number of pyridine rings is 1. The van der Waals surface area contributed by atoms with Crippen LogP contribution in [0.25, 0.3) is 10.8 Å². The average molecular weight is 380 g/mol. The van der Waals surface area contributed by atoms with Crippen LogP contribution in [0.3, 0.4) is 0 Å². The number of nitrogens with two attached hydrogens (primary N) is 1. The lowest BCUT2D eigenvalue weighted by atomic mass is 10.1. The van der Waals surface area contributed by atoms with Gasteiger partial charge in [0.25, 0.3) is 5.91 Å². The molecule has 0 unspecified atom stereocenters. The molecule has 6 nitrogen and oxygen atoms in total. The molecule has 0 spiro atoms. The van der Waals surface area contributed by atoms with Crippen molar-refractivity contribution in [3.63, 3.8) is 0 Å². The molecule has 7 heteroatoms. The Morgan fingerprint density at radius 3 is 2.69 bits per heavy atom. The first-order valence-corrected chi connectivity index (χ1v) is 9.21. The summed E-state index contributed by atoms with van der Waals surface area (Å²) < 4.78 is 5.64. The lowest BCUT2D eigenvalue weighted by molar-refractivity contribution is 0.0930. The third kappa shape index (κ3) is 4.99. The van der Waals surface area contributed by atoms with Crippen LogP contribution < -0.4 is 15.8 Å². The third-order valence-electron chi connectivity index (χ3n) is 3.96. The number of nitrogens with zero attached hydrogens (tertiary/aromatic N) is 1. The highest BCUT2D eigenvalue weighted by molar-refractivity contribution is 6.35. The number of halogens is 1. The zero-order valence-corrected chi connectivity index (χ0v) is 16.1. The Bertz CT molecular complexity index is 780. The minimum atomic E-state index is -0.450. The van der Waals surface area contributed by atoms with E-state index >= 15 is 0 Å². The predicted octanol–water partition coefficient (Wildman–Crippen LogP) is 3.63. The summed E-state index contributed by atoms with van der Waals surface area (Å²) >= 11 is 6.25. The molecule has 1 aromatic carbocycles. The van der Waals surface area contributed by atoms with Crippen LogP contribution in [0.5, 0.6) is 11.5 Å². The van der Waals surface area contributed by atoms with Gasteiger partial charge in [-0.1, -0.05) is 18.0 Å². The number of carbonyl (C=O) groups excluding carboxylic acids is 1. The zero-order chi connectivity index (χ0) is 19.3. The van der Waals surface area contributed by atoms with Gasteiger partial charge in [0.2, 0.25) is 0 Å². The number of amides is 1. The second-order valence-corrected chi connectivity index (χ2v) is 6.99. The molecular weight excluding hydrogens is 354 g/mol. The van der Waals surface area contributed by atoms with Crippen LogP contribution >= 0.6 is 11.6 Å². The molecule has 0 aliphatic carbocycles. The predicted molar refractivity (Wildman–Crippen MR) is 104 cm³/mol. The highest BCUT2D eigenvalue weighted by atomic mass is 35.5. The molecular formula is C19H26ClN3O3. The molecule has 0 bridgehead atoms. The Morgan fingerprint density at radius 1 is 1.31 bits per heavy atom. The van der Waals surface area contributed by atoms with Gasteiger partial charge in [0.1, 0.15) is 10.9 Å². The Hall–Kier alpha value is -2.05. The molecule has 1 heterocycles. The minimum Gasteiger partial charge on any atom is -0.505 e. The Balaban J connectivity index is 2.26. The summed E-state index contributed by atoms with van der Waals surface area (Å²) in [5.74, 6) is -0.0115. The van der Waals surface area contributed by atoms with Crippen molar-refractivity contribution in [2.45, 2.75) is 52.2 Å². The van der Waals surface area contributed by atoms with Crippen LogP contribution in [-0.2, 0) is 0 Å². The van der Waals surface area contributed by atoms with Gasteiger partial charge in [-0.2, -0.15) is 0 Å². The van der Waals surface area contributed by atoms with E-state index in [4.69, 9.17) is 22.1 Å². The minimum absolute atomic E-state index is 0.0126. The van der Waals surface area contributed by atoms with Crippen LogP contribution in [0.15, 0.2) is 18.2 Å². The summed E-state index contributed by atoms with van der Waals surface area (Å²) in [6.07, 6.45) is 2.65. The molecule has 1 amide bonds. The van der Waals surface area contributed by atoms with Gasteiger partial charge in [-0.25, -0.2) is 4.98 Å². The lowest BCUT2D eigenvalue weighted by Gasteiger charge is -2.15. The van der Waals surface area contributed by atoms with E-state index in [9.17, 15) is 9.90 Å². The van der Waals surface area contributed by atoms with E-state index in [2.05, 4.69) is 10.3 Å². The second kappa shape index (κ2) is 9.05. The van der Waals surface area contributed by atoms with Crippen molar-refractivity contribution < 1.29 is 14.6 Å². The number of rotatable bonds is 8. The first-order valence-electron chi connectivity index (χ1n) is 8.83. The highest BCUT2D eigenvalue weighted by Crippen LogP contribution is 2.34. The average Bonchev–Trinajstić information content (AvgIpc) is 2.57. The fraction of sp³-hybridized carbons (Fsp3) is 0.474. The molecule has 0 aliphatic heterocycles. The van der Waals surface area contributed by atoms with E-state index in [1.54, 1.807) is 18.2 Å². The Labute approximate surface area is 158 Å². The molecule has 2 rings (SSSR count). The van der Waals surface area contributed by atoms with Gasteiger partial charge in [0.15, 0.2) is 11.4 Å². The molecule has 1 aromatic heterocycles. The quantitative estimate of drug-likeness (QED) is 0.480. The number of nitrogens with one attached hydrogen (secondary N) is 1. The summed E-state index contributed by atoms with van der Waals surface area (Å²) in [7, 11) is 0. The van der Waals surface area contributed by atoms with Crippen molar-refractivity contribution in [1.29, 1.82) is 0 Å². The zero-order valence-electron chi connectivity index (χ0n) is 15.4. The first kappa shape index (κ1) is 20.3. The summed E-state index contributed by atoms with van der Waals surface area (Å²) in [5.41, 5.74) is 5.40. The molecule has 0 fully saturated rings. The van der Waals surface area contributed by atoms with Crippen molar-refractivity contribution in [2.24, 2.45) is 5.73 Å². The monoisotopic (exact) mass is 379 g/mol. The third-order valence-corrected chi connectivity index (χ3v) is 4.25. The van der Waals surface area contributed by atoms with Gasteiger partial charge in [-0.3, -0.25) is 4.79 Å². The van der Waals surface area contributed by atoms with Crippen LogP contribution in [0.4, 0.5) is 0 Å². The summed E-state index contributed by atoms with van der Waals surface area (Å²) in [6.45, 7) is 6.38. The second-order valence-electron chi connectivity index (χ2n) is 6.63. The largest absolute Gasteiger partial charge is 0.505 e. The maximum Gasteiger partial charge on any atom is 0.274 e. The number of benzene rings is 1. The fourth-order valence-electron chi connectivity index (χ4n) is 2.70. The number of carbonyl (C=O) groups is 1. The summed E-state index contributed by atoms with van der Waals surface area (Å²) in [6, 6.07) is 5.07. The smallest absolute Gasteiger partial charge is 0.274 e. The van der Waals surface area contributed by atoms with E-state index in [1.807, 2.05) is 20.8 Å². The number of hydrogen-bond acceptors (Lipinski definition) is 5. The SMILES string of the molecule is CC(C)Oc1ccc2c(O)c(C(=O)N[C@H](C)CCCCN)nc(Cl)c2c1. The molecule has 1 atom stereocenters. The maximum atomic E-state index is 12.5. The number of aromatic nitrogens is 1. The van der Waals surface area contributed by atoms with Crippen molar-refractivity contribution in [3.8, 4) is 11.5 Å². The molecule has 0 saturated carbocycles. The molecule has 0 radical (unpaired) electrons. The van der Waals surface area contributed by atoms with Crippen molar-refractivity contribution in [3.05, 3.63) is 29.0 Å². The van der Waals surface area contributed by atoms with Gasteiger partial charge >= 0.3 is 0 Å². The van der Waals surface area contributed by atoms with Crippen molar-refractivity contribution in [2.75, 3.05) is 6.54 Å². The van der Waals surface area contributed by atoms with Crippen molar-refractivity contribution >= 4 is 28.3 Å². The van der Waals surface area contributed by atoms with Crippen LogP contribution in [-0.4, -0.2) is 34.7 Å². The van der Waals surface area contributed by atoms with Crippen LogP contribution in [0.2, 0.25) is 5.15 Å². The molecule has 0 aliphatic rings. The van der Waals surface area contributed by atoms with Crippen molar-refractivity contribution in [1.82, 2.24) is 10.3 Å². The summed E-state index contributed by atoms with van der Waals surface area (Å²) in [5, 5.41) is 14.5. The van der Waals surface area contributed by atoms with Gasteiger partial charge in [0.05, 0.1) is 6.10 Å². The Kier molecular flexibility index (Phi) is 7.06. The number of aromatic hydroxyl groups is 1. The van der Waals surface area contributed by atoms with E-state index in [0.29, 0.717) is 23.1 Å². The molecule has 2 aromatic rings. The molecule has 4 N–H and O–H groups in total. The molecule has 142 valence electrons. The number of unbranched alkanes of at least 4 members (excludes halogenated alkanes) is 1. The van der Waals surface area contributed by atoms with E-state index in [0.717, 1.165) is 19.3 Å². The summed E-state index contributed by atoms with van der Waals surface area (Å²) in [4.78, 5) is 16.6. The number of ether oxygens (including phenoxy) is 1. The molecule has 0 saturated heterocycles. The van der Waals surface area contributed by atoms with Gasteiger partial charge in [-0.15, -0.1) is 0 Å². The van der Waals surface area contributed by atoms with Gasteiger partial charge in [0, 0.05) is 16.8 Å². The molecule has 26 heavy (non-hydrogen) atoms. The number of fused-ring (bicyclic) bond motifs is 1. The first-order chi connectivity index (χ1) is 12.3. The standard InChI is InChI=1S/C19H26ClN3O3/c1-11(2)26-13-7-8-14-15(10-13)18(20)23-16(17(14)24)19(25)22-12(3)6-4-5-9-21/h7-8,10-12,24H,4-6,9,21H2,1-3H3,(H,22,25)/t12-/m1/s1. The van der Waals surface area contributed by atoms with E-state index in [-0.39, 0.29) is 28.7 Å². The normalized spacial score (nSPS) is 12.4. The van der Waals surface area contributed by atoms with E-state index in [1.165, 1.54) is 0 Å². The van der Waals surface area contributed by atoms with Crippen LogP contribution in [0, 0.1) is 0 Å². The van der Waals surface area contributed by atoms with Crippen LogP contribution in [0.1, 0.15) is 50.5 Å².